The fourth-order valence-corrected chi connectivity index (χ4v) is 0.914. The number of hydrogen-bond donors (Lipinski definition) is 1. The molecule has 0 radical (unpaired) electrons. The normalized spacial score (nSPS) is 12.7. The van der Waals surface area contributed by atoms with Gasteiger partial charge in [-0.25, -0.2) is 0 Å². The van der Waals surface area contributed by atoms with Gasteiger partial charge in [-0.05, 0) is 13.8 Å². The van der Waals surface area contributed by atoms with Crippen molar-refractivity contribution in [3.8, 4) is 0 Å². The summed E-state index contributed by atoms with van der Waals surface area (Å²) in [6.45, 7) is 5.48. The summed E-state index contributed by atoms with van der Waals surface area (Å²) in [4.78, 5) is 13.0. The molecule has 72 valence electrons. The minimum Gasteiger partial charge on any atom is -0.383 e. The van der Waals surface area contributed by atoms with Crippen LogP contribution in [-0.4, -0.2) is 43.7 Å². The van der Waals surface area contributed by atoms with Gasteiger partial charge < -0.3 is 15.4 Å². The van der Waals surface area contributed by atoms with Crippen molar-refractivity contribution in [1.82, 2.24) is 4.90 Å². The molecule has 0 aromatic carbocycles. The smallest absolute Gasteiger partial charge is 0.239 e. The maximum Gasteiger partial charge on any atom is 0.239 e. The molecule has 0 aromatic heterocycles. The Balaban J connectivity index is 3.88. The summed E-state index contributed by atoms with van der Waals surface area (Å²) in [5.74, 6) is -0.0189. The summed E-state index contributed by atoms with van der Waals surface area (Å²) in [7, 11) is 1.62. The van der Waals surface area contributed by atoms with Gasteiger partial charge in [0.25, 0.3) is 0 Å². The van der Waals surface area contributed by atoms with Crippen LogP contribution in [0.25, 0.3) is 0 Å². The number of carbonyl (C=O) groups excluding carboxylic acids is 1. The minimum atomic E-state index is -0.415. The van der Waals surface area contributed by atoms with Crippen molar-refractivity contribution < 1.29 is 9.53 Å². The number of methoxy groups -OCH3 is 1. The molecule has 0 heterocycles. The van der Waals surface area contributed by atoms with Gasteiger partial charge in [-0.15, -0.1) is 0 Å². The minimum absolute atomic E-state index is 0.0189. The second-order valence-corrected chi connectivity index (χ2v) is 2.70. The number of rotatable bonds is 5. The molecule has 1 atom stereocenters. The number of carbonyl (C=O) groups is 1. The van der Waals surface area contributed by atoms with E-state index < -0.39 is 6.04 Å². The molecule has 2 N–H and O–H groups in total. The first-order chi connectivity index (χ1) is 5.63. The first kappa shape index (κ1) is 11.4. The van der Waals surface area contributed by atoms with Gasteiger partial charge in [0.15, 0.2) is 0 Å². The predicted molar refractivity (Wildman–Crippen MR) is 47.8 cm³/mol. The van der Waals surface area contributed by atoms with Gasteiger partial charge in [0, 0.05) is 20.2 Å². The van der Waals surface area contributed by atoms with Crippen LogP contribution in [0.2, 0.25) is 0 Å². The summed E-state index contributed by atoms with van der Waals surface area (Å²) in [5, 5.41) is 0. The van der Waals surface area contributed by atoms with Crippen LogP contribution in [0.15, 0.2) is 0 Å². The van der Waals surface area contributed by atoms with Gasteiger partial charge in [-0.2, -0.15) is 0 Å². The van der Waals surface area contributed by atoms with Crippen molar-refractivity contribution in [1.29, 1.82) is 0 Å². The topological polar surface area (TPSA) is 55.6 Å². The van der Waals surface area contributed by atoms with Gasteiger partial charge >= 0.3 is 0 Å². The Bertz CT molecular complexity index is 137. The first-order valence-corrected chi connectivity index (χ1v) is 4.16. The van der Waals surface area contributed by atoms with E-state index in [4.69, 9.17) is 10.5 Å². The first-order valence-electron chi connectivity index (χ1n) is 4.16. The zero-order valence-electron chi connectivity index (χ0n) is 8.04. The SMILES string of the molecule is CCN(CCOC)C(=O)[C@H](C)N. The lowest BCUT2D eigenvalue weighted by molar-refractivity contribution is -0.132. The summed E-state index contributed by atoms with van der Waals surface area (Å²) in [6.07, 6.45) is 0. The van der Waals surface area contributed by atoms with Crippen molar-refractivity contribution in [2.45, 2.75) is 19.9 Å². The molecule has 1 amide bonds. The van der Waals surface area contributed by atoms with Crippen molar-refractivity contribution >= 4 is 5.91 Å². The molecule has 0 saturated heterocycles. The summed E-state index contributed by atoms with van der Waals surface area (Å²) in [6, 6.07) is -0.415. The van der Waals surface area contributed by atoms with Gasteiger partial charge in [0.1, 0.15) is 0 Å². The van der Waals surface area contributed by atoms with E-state index in [0.29, 0.717) is 19.7 Å². The van der Waals surface area contributed by atoms with Crippen LogP contribution >= 0.6 is 0 Å². The van der Waals surface area contributed by atoms with Crippen LogP contribution in [0.1, 0.15) is 13.8 Å². The standard InChI is InChI=1S/C8H18N2O2/c1-4-10(5-6-12-3)8(11)7(2)9/h7H,4-6,9H2,1-3H3/t7-/m0/s1. The molecule has 0 fully saturated rings. The maximum absolute atomic E-state index is 11.3. The van der Waals surface area contributed by atoms with Crippen LogP contribution in [0, 0.1) is 0 Å². The average molecular weight is 174 g/mol. The molecule has 0 rings (SSSR count). The van der Waals surface area contributed by atoms with E-state index in [1.165, 1.54) is 0 Å². The van der Waals surface area contributed by atoms with Crippen LogP contribution in [0.4, 0.5) is 0 Å². The van der Waals surface area contributed by atoms with E-state index in [1.807, 2.05) is 6.92 Å². The maximum atomic E-state index is 11.3. The molecule has 0 aromatic rings. The van der Waals surface area contributed by atoms with E-state index in [2.05, 4.69) is 0 Å². The molecule has 0 saturated carbocycles. The van der Waals surface area contributed by atoms with Gasteiger partial charge in [0.05, 0.1) is 12.6 Å². The number of nitrogens with zero attached hydrogens (tertiary/aromatic N) is 1. The molecule has 0 unspecified atom stereocenters. The van der Waals surface area contributed by atoms with Crippen molar-refractivity contribution in [3.05, 3.63) is 0 Å². The number of nitrogens with two attached hydrogens (primary N) is 1. The Morgan fingerprint density at radius 1 is 1.67 bits per heavy atom. The third-order valence-corrected chi connectivity index (χ3v) is 1.65. The van der Waals surface area contributed by atoms with Crippen molar-refractivity contribution in [3.63, 3.8) is 0 Å². The Morgan fingerprint density at radius 2 is 2.25 bits per heavy atom. The Hall–Kier alpha value is -0.610. The molecule has 12 heavy (non-hydrogen) atoms. The summed E-state index contributed by atoms with van der Waals surface area (Å²) < 4.78 is 4.87. The highest BCUT2D eigenvalue weighted by Crippen LogP contribution is 1.92. The molecule has 0 aliphatic rings. The quantitative estimate of drug-likeness (QED) is 0.629. The van der Waals surface area contributed by atoms with E-state index in [-0.39, 0.29) is 5.91 Å². The van der Waals surface area contributed by atoms with Crippen molar-refractivity contribution in [2.24, 2.45) is 5.73 Å². The summed E-state index contributed by atoms with van der Waals surface area (Å²) >= 11 is 0. The van der Waals surface area contributed by atoms with Gasteiger partial charge in [-0.3, -0.25) is 4.79 Å². The third kappa shape index (κ3) is 3.69. The number of likely N-dealkylation sites (N-methyl/N-ethyl adjacent to an activating group) is 1. The Labute approximate surface area is 73.7 Å². The lowest BCUT2D eigenvalue weighted by Crippen LogP contribution is -2.43. The largest absolute Gasteiger partial charge is 0.383 e. The highest BCUT2D eigenvalue weighted by atomic mass is 16.5. The molecule has 4 nitrogen and oxygen atoms in total. The van der Waals surface area contributed by atoms with Crippen LogP contribution < -0.4 is 5.73 Å². The number of amides is 1. The van der Waals surface area contributed by atoms with Gasteiger partial charge in [0.2, 0.25) is 5.91 Å². The highest BCUT2D eigenvalue weighted by molar-refractivity contribution is 5.81. The lowest BCUT2D eigenvalue weighted by atomic mass is 10.3. The fraction of sp³-hybridized carbons (Fsp3) is 0.875. The summed E-state index contributed by atoms with van der Waals surface area (Å²) in [5.41, 5.74) is 5.45. The molecular weight excluding hydrogens is 156 g/mol. The van der Waals surface area contributed by atoms with Crippen molar-refractivity contribution in [2.75, 3.05) is 26.8 Å². The monoisotopic (exact) mass is 174 g/mol. The molecule has 0 bridgehead atoms. The zero-order valence-corrected chi connectivity index (χ0v) is 8.04. The van der Waals surface area contributed by atoms with Gasteiger partial charge in [-0.1, -0.05) is 0 Å². The Morgan fingerprint density at radius 3 is 2.58 bits per heavy atom. The van der Waals surface area contributed by atoms with Crippen LogP contribution in [-0.2, 0) is 9.53 Å². The Kier molecular flexibility index (Phi) is 5.66. The predicted octanol–water partition coefficient (Wildman–Crippen LogP) is -0.171. The van der Waals surface area contributed by atoms with E-state index in [9.17, 15) is 4.79 Å². The number of ether oxygens (including phenoxy) is 1. The van der Waals surface area contributed by atoms with E-state index in [1.54, 1.807) is 18.9 Å². The molecule has 0 aliphatic heterocycles. The van der Waals surface area contributed by atoms with E-state index in [0.717, 1.165) is 0 Å². The average Bonchev–Trinajstić information content (AvgIpc) is 2.05. The molecule has 4 heteroatoms. The zero-order chi connectivity index (χ0) is 9.56. The highest BCUT2D eigenvalue weighted by Gasteiger charge is 2.14. The molecule has 0 spiro atoms. The third-order valence-electron chi connectivity index (χ3n) is 1.65. The number of hydrogen-bond acceptors (Lipinski definition) is 3. The van der Waals surface area contributed by atoms with Crippen LogP contribution in [0.5, 0.6) is 0 Å². The lowest BCUT2D eigenvalue weighted by Gasteiger charge is -2.22. The molecule has 0 aliphatic carbocycles. The molecular formula is C8H18N2O2. The second-order valence-electron chi connectivity index (χ2n) is 2.70. The fourth-order valence-electron chi connectivity index (χ4n) is 0.914. The second kappa shape index (κ2) is 5.97. The van der Waals surface area contributed by atoms with E-state index >= 15 is 0 Å². The van der Waals surface area contributed by atoms with Crippen LogP contribution in [0.3, 0.4) is 0 Å².